The monoisotopic (exact) mass is 492 g/mol. The number of ether oxygens (including phenoxy) is 1. The third kappa shape index (κ3) is 4.36. The molecule has 6 nitrogen and oxygen atoms in total. The minimum Gasteiger partial charge on any atom is -0.379 e. The molecule has 4 rings (SSSR count). The van der Waals surface area contributed by atoms with Gasteiger partial charge in [-0.3, -0.25) is 4.79 Å². The Morgan fingerprint density at radius 1 is 1.00 bits per heavy atom. The molecule has 0 N–H and O–H groups in total. The van der Waals surface area contributed by atoms with Crippen molar-refractivity contribution in [3.05, 3.63) is 70.2 Å². The SMILES string of the molecule is CCN(C(=O)c1cc(S(=O)(=O)N2CCOCC2)c(Cl)cc1Cl)c1ccc2ccccc2c1. The van der Waals surface area contributed by atoms with Gasteiger partial charge in [-0.1, -0.05) is 53.5 Å². The van der Waals surface area contributed by atoms with E-state index in [9.17, 15) is 13.2 Å². The van der Waals surface area contributed by atoms with Crippen molar-refractivity contribution in [2.45, 2.75) is 11.8 Å². The van der Waals surface area contributed by atoms with Crippen LogP contribution in [-0.4, -0.2) is 51.5 Å². The maximum absolute atomic E-state index is 13.5. The number of hydrogen-bond acceptors (Lipinski definition) is 4. The van der Waals surface area contributed by atoms with E-state index in [0.29, 0.717) is 25.4 Å². The third-order valence-corrected chi connectivity index (χ3v) is 8.12. The number of carbonyl (C=O) groups excluding carboxylic acids is 1. The molecule has 32 heavy (non-hydrogen) atoms. The molecule has 0 aromatic heterocycles. The first-order valence-corrected chi connectivity index (χ1v) is 12.4. The second-order valence-electron chi connectivity index (χ2n) is 7.36. The summed E-state index contributed by atoms with van der Waals surface area (Å²) in [6.07, 6.45) is 0. The van der Waals surface area contributed by atoms with Crippen molar-refractivity contribution in [1.82, 2.24) is 4.31 Å². The van der Waals surface area contributed by atoms with Gasteiger partial charge in [0.25, 0.3) is 5.91 Å². The van der Waals surface area contributed by atoms with Gasteiger partial charge < -0.3 is 9.64 Å². The molecule has 0 saturated carbocycles. The second kappa shape index (κ2) is 9.37. The number of sulfonamides is 1. The van der Waals surface area contributed by atoms with Gasteiger partial charge >= 0.3 is 0 Å². The van der Waals surface area contributed by atoms with E-state index in [1.165, 1.54) is 16.4 Å². The molecule has 1 heterocycles. The molecule has 3 aromatic rings. The van der Waals surface area contributed by atoms with E-state index in [1.54, 1.807) is 4.90 Å². The maximum Gasteiger partial charge on any atom is 0.259 e. The lowest BCUT2D eigenvalue weighted by molar-refractivity contribution is 0.0730. The van der Waals surface area contributed by atoms with Gasteiger partial charge in [-0.25, -0.2) is 8.42 Å². The molecule has 1 aliphatic rings. The van der Waals surface area contributed by atoms with Crippen LogP contribution in [0.25, 0.3) is 10.8 Å². The number of halogens is 2. The lowest BCUT2D eigenvalue weighted by Crippen LogP contribution is -2.40. The average molecular weight is 493 g/mol. The maximum atomic E-state index is 13.5. The topological polar surface area (TPSA) is 66.9 Å². The zero-order chi connectivity index (χ0) is 22.9. The zero-order valence-electron chi connectivity index (χ0n) is 17.4. The lowest BCUT2D eigenvalue weighted by atomic mass is 10.1. The smallest absolute Gasteiger partial charge is 0.259 e. The summed E-state index contributed by atoms with van der Waals surface area (Å²) in [6.45, 7) is 3.29. The van der Waals surface area contributed by atoms with E-state index in [-0.39, 0.29) is 33.6 Å². The molecule has 3 aromatic carbocycles. The number of benzene rings is 3. The molecule has 1 aliphatic heterocycles. The van der Waals surface area contributed by atoms with Crippen molar-refractivity contribution < 1.29 is 17.9 Å². The summed E-state index contributed by atoms with van der Waals surface area (Å²) in [6, 6.07) is 16.2. The first-order chi connectivity index (χ1) is 15.3. The number of amides is 1. The van der Waals surface area contributed by atoms with Crippen LogP contribution in [0.4, 0.5) is 5.69 Å². The molecule has 9 heteroatoms. The molecule has 1 saturated heterocycles. The van der Waals surface area contributed by atoms with Crippen molar-refractivity contribution in [3.63, 3.8) is 0 Å². The van der Waals surface area contributed by atoms with Crippen molar-refractivity contribution in [2.24, 2.45) is 0 Å². The molecule has 0 spiro atoms. The fourth-order valence-electron chi connectivity index (χ4n) is 3.75. The largest absolute Gasteiger partial charge is 0.379 e. The summed E-state index contributed by atoms with van der Waals surface area (Å²) in [5.41, 5.74) is 0.776. The van der Waals surface area contributed by atoms with Gasteiger partial charge in [0.15, 0.2) is 0 Å². The van der Waals surface area contributed by atoms with Crippen LogP contribution < -0.4 is 4.90 Å². The van der Waals surface area contributed by atoms with Gasteiger partial charge in [0.1, 0.15) is 4.90 Å². The standard InChI is InChI=1S/C23H22Cl2N2O4S/c1-2-27(18-8-7-16-5-3-4-6-17(16)13-18)23(28)19-14-22(21(25)15-20(19)24)32(29,30)26-9-11-31-12-10-26/h3-8,13-15H,2,9-12H2,1H3. The number of rotatable bonds is 5. The Balaban J connectivity index is 1.74. The number of nitrogens with zero attached hydrogens (tertiary/aromatic N) is 2. The van der Waals surface area contributed by atoms with Crippen LogP contribution in [0.15, 0.2) is 59.5 Å². The Bertz CT molecular complexity index is 1270. The van der Waals surface area contributed by atoms with Gasteiger partial charge in [0, 0.05) is 25.3 Å². The Labute approximate surface area is 197 Å². The number of morpholine rings is 1. The molecular formula is C23H22Cl2N2O4S. The zero-order valence-corrected chi connectivity index (χ0v) is 19.8. The van der Waals surface area contributed by atoms with E-state index < -0.39 is 15.9 Å². The van der Waals surface area contributed by atoms with Gasteiger partial charge in [-0.2, -0.15) is 4.31 Å². The molecule has 0 unspecified atom stereocenters. The highest BCUT2D eigenvalue weighted by Gasteiger charge is 2.31. The van der Waals surface area contributed by atoms with Gasteiger partial charge in [0.05, 0.1) is 28.8 Å². The van der Waals surface area contributed by atoms with Gasteiger partial charge in [0.2, 0.25) is 10.0 Å². The molecule has 0 radical (unpaired) electrons. The molecule has 0 aliphatic carbocycles. The number of fused-ring (bicyclic) bond motifs is 1. The minimum absolute atomic E-state index is 0.0215. The van der Waals surface area contributed by atoms with Crippen LogP contribution in [0.5, 0.6) is 0 Å². The number of hydrogen-bond donors (Lipinski definition) is 0. The molecule has 0 bridgehead atoms. The highest BCUT2D eigenvalue weighted by molar-refractivity contribution is 7.89. The highest BCUT2D eigenvalue weighted by atomic mass is 35.5. The number of carbonyl (C=O) groups is 1. The summed E-state index contributed by atoms with van der Waals surface area (Å²) in [5.74, 6) is -0.400. The fourth-order valence-corrected chi connectivity index (χ4v) is 5.99. The van der Waals surface area contributed by atoms with E-state index in [4.69, 9.17) is 27.9 Å². The number of anilines is 1. The Morgan fingerprint density at radius 2 is 1.69 bits per heavy atom. The first-order valence-electron chi connectivity index (χ1n) is 10.2. The lowest BCUT2D eigenvalue weighted by Gasteiger charge is -2.27. The fraction of sp³-hybridized carbons (Fsp3) is 0.261. The van der Waals surface area contributed by atoms with Crippen LogP contribution in [0, 0.1) is 0 Å². The van der Waals surface area contributed by atoms with Crippen LogP contribution in [-0.2, 0) is 14.8 Å². The van der Waals surface area contributed by atoms with Crippen molar-refractivity contribution in [2.75, 3.05) is 37.7 Å². The molecule has 0 atom stereocenters. The highest BCUT2D eigenvalue weighted by Crippen LogP contribution is 2.33. The quantitative estimate of drug-likeness (QED) is 0.511. The van der Waals surface area contributed by atoms with Gasteiger partial charge in [-0.05, 0) is 42.0 Å². The summed E-state index contributed by atoms with van der Waals surface area (Å²) in [4.78, 5) is 14.9. The van der Waals surface area contributed by atoms with Crippen molar-refractivity contribution >= 4 is 55.6 Å². The van der Waals surface area contributed by atoms with Crippen LogP contribution in [0.2, 0.25) is 10.0 Å². The summed E-state index contributed by atoms with van der Waals surface area (Å²) in [5, 5.41) is 2.13. The average Bonchev–Trinajstić information content (AvgIpc) is 2.80. The molecule has 168 valence electrons. The normalized spacial score (nSPS) is 15.1. The summed E-state index contributed by atoms with van der Waals surface area (Å²) < 4.78 is 32.9. The Morgan fingerprint density at radius 3 is 2.38 bits per heavy atom. The predicted octanol–water partition coefficient (Wildman–Crippen LogP) is 4.83. The molecule has 1 amide bonds. The van der Waals surface area contributed by atoms with Crippen LogP contribution in [0.1, 0.15) is 17.3 Å². The van der Waals surface area contributed by atoms with Crippen LogP contribution >= 0.6 is 23.2 Å². The Hall–Kier alpha value is -2.16. The summed E-state index contributed by atoms with van der Waals surface area (Å²) >= 11 is 12.6. The van der Waals surface area contributed by atoms with Crippen molar-refractivity contribution in [3.8, 4) is 0 Å². The first kappa shape index (κ1) is 23.0. The third-order valence-electron chi connectivity index (χ3n) is 5.45. The predicted molar refractivity (Wildman–Crippen MR) is 127 cm³/mol. The molecule has 1 fully saturated rings. The van der Waals surface area contributed by atoms with Crippen LogP contribution in [0.3, 0.4) is 0 Å². The second-order valence-corrected chi connectivity index (χ2v) is 10.1. The van der Waals surface area contributed by atoms with E-state index in [1.807, 2.05) is 49.4 Å². The van der Waals surface area contributed by atoms with E-state index in [2.05, 4.69) is 0 Å². The van der Waals surface area contributed by atoms with E-state index >= 15 is 0 Å². The summed E-state index contributed by atoms with van der Waals surface area (Å²) in [7, 11) is -3.90. The Kier molecular flexibility index (Phi) is 6.74. The van der Waals surface area contributed by atoms with Gasteiger partial charge in [-0.15, -0.1) is 0 Å². The minimum atomic E-state index is -3.90. The van der Waals surface area contributed by atoms with E-state index in [0.717, 1.165) is 10.8 Å². The van der Waals surface area contributed by atoms with Crippen molar-refractivity contribution in [1.29, 1.82) is 0 Å². The molecular weight excluding hydrogens is 471 g/mol.